The molecule has 3 rings (SSSR count). The highest BCUT2D eigenvalue weighted by atomic mass is 16.5. The monoisotopic (exact) mass is 474 g/mol. The molecule has 8 nitrogen and oxygen atoms in total. The van der Waals surface area contributed by atoms with Crippen LogP contribution in [0, 0.1) is 11.8 Å². The molecule has 0 radical (unpaired) electrons. The summed E-state index contributed by atoms with van der Waals surface area (Å²) in [5, 5.41) is 12.7. The van der Waals surface area contributed by atoms with Crippen LogP contribution >= 0.6 is 0 Å². The van der Waals surface area contributed by atoms with E-state index in [2.05, 4.69) is 24.2 Å². The van der Waals surface area contributed by atoms with Crippen LogP contribution in [0.5, 0.6) is 5.75 Å². The Hall–Kier alpha value is -2.16. The van der Waals surface area contributed by atoms with Crippen molar-refractivity contribution in [2.75, 3.05) is 59.2 Å². The number of likely N-dealkylation sites (N-methyl/N-ethyl adjacent to an activating group) is 1. The van der Waals surface area contributed by atoms with E-state index in [0.29, 0.717) is 30.0 Å². The summed E-state index contributed by atoms with van der Waals surface area (Å²) in [6, 6.07) is 4.98. The number of nitrogens with one attached hydrogen (secondary N) is 1. The number of aliphatic hydroxyl groups is 1. The van der Waals surface area contributed by atoms with Crippen LogP contribution in [0.1, 0.15) is 49.9 Å². The fourth-order valence-electron chi connectivity index (χ4n) is 4.42. The molecule has 2 aliphatic rings. The number of benzene rings is 1. The first-order valence-electron chi connectivity index (χ1n) is 12.5. The van der Waals surface area contributed by atoms with Gasteiger partial charge in [-0.2, -0.15) is 0 Å². The number of fused-ring (bicyclic) bond motifs is 1. The van der Waals surface area contributed by atoms with Gasteiger partial charge in [0.25, 0.3) is 5.91 Å². The number of carbonyl (C=O) groups is 2. The molecule has 1 aliphatic carbocycles. The van der Waals surface area contributed by atoms with Gasteiger partial charge in [-0.05, 0) is 78.0 Å². The molecule has 1 saturated carbocycles. The Labute approximate surface area is 204 Å². The normalized spacial score (nSPS) is 21.6. The zero-order valence-electron chi connectivity index (χ0n) is 21.4. The second-order valence-corrected chi connectivity index (χ2v) is 10.5. The molecule has 1 aliphatic heterocycles. The molecule has 1 heterocycles. The molecule has 0 unspecified atom stereocenters. The maximum Gasteiger partial charge on any atom is 0.258 e. The van der Waals surface area contributed by atoms with E-state index in [1.165, 1.54) is 12.8 Å². The van der Waals surface area contributed by atoms with E-state index in [4.69, 9.17) is 4.74 Å². The van der Waals surface area contributed by atoms with Crippen LogP contribution in [0.3, 0.4) is 0 Å². The number of aliphatic hydroxyl groups excluding tert-OH is 1. The minimum atomic E-state index is -0.310. The number of hydrogen-bond acceptors (Lipinski definition) is 6. The molecular formula is C26H42N4O4. The number of carbonyl (C=O) groups excluding carboxylic acids is 2. The van der Waals surface area contributed by atoms with E-state index < -0.39 is 0 Å². The van der Waals surface area contributed by atoms with E-state index in [1.807, 2.05) is 25.9 Å². The van der Waals surface area contributed by atoms with E-state index in [1.54, 1.807) is 23.1 Å². The van der Waals surface area contributed by atoms with Crippen LogP contribution in [-0.2, 0) is 4.79 Å². The lowest BCUT2D eigenvalue weighted by atomic mass is 9.99. The molecular weight excluding hydrogens is 432 g/mol. The summed E-state index contributed by atoms with van der Waals surface area (Å²) in [6.45, 7) is 7.04. The van der Waals surface area contributed by atoms with Gasteiger partial charge in [-0.25, -0.2) is 0 Å². The van der Waals surface area contributed by atoms with Crippen LogP contribution in [0.2, 0.25) is 0 Å². The quantitative estimate of drug-likeness (QED) is 0.513. The van der Waals surface area contributed by atoms with Crippen LogP contribution in [0.4, 0.5) is 5.69 Å². The van der Waals surface area contributed by atoms with Crippen molar-refractivity contribution in [1.82, 2.24) is 14.7 Å². The fraction of sp³-hybridized carbons (Fsp3) is 0.692. The van der Waals surface area contributed by atoms with Crippen molar-refractivity contribution in [3.8, 4) is 5.75 Å². The number of anilines is 1. The standard InChI is InChI=1S/C26H42N4O4/c1-18-14-30(19(2)17-31)26(33)22-13-21(27-25(32)7-6-12-28(3)4)10-11-23(22)34-24(18)16-29(5)15-20-8-9-20/h10-11,13,18-20,24,31H,6-9,12,14-17H2,1-5H3,(H,27,32)/t18-,19-,24-/m0/s1. The Morgan fingerprint density at radius 3 is 2.65 bits per heavy atom. The van der Waals surface area contributed by atoms with Crippen LogP contribution < -0.4 is 10.1 Å². The van der Waals surface area contributed by atoms with Gasteiger partial charge in [0.05, 0.1) is 18.2 Å². The average molecular weight is 475 g/mol. The van der Waals surface area contributed by atoms with E-state index in [9.17, 15) is 14.7 Å². The van der Waals surface area contributed by atoms with Gasteiger partial charge in [0.15, 0.2) is 0 Å². The highest BCUT2D eigenvalue weighted by Gasteiger charge is 2.34. The smallest absolute Gasteiger partial charge is 0.258 e. The summed E-state index contributed by atoms with van der Waals surface area (Å²) < 4.78 is 6.44. The minimum Gasteiger partial charge on any atom is -0.488 e. The van der Waals surface area contributed by atoms with Gasteiger partial charge in [0.2, 0.25) is 5.91 Å². The zero-order valence-corrected chi connectivity index (χ0v) is 21.4. The molecule has 1 aromatic carbocycles. The number of hydrogen-bond donors (Lipinski definition) is 2. The summed E-state index contributed by atoms with van der Waals surface area (Å²) in [7, 11) is 6.09. The van der Waals surface area contributed by atoms with Crippen molar-refractivity contribution < 1.29 is 19.4 Å². The Kier molecular flexibility index (Phi) is 9.33. The van der Waals surface area contributed by atoms with Gasteiger partial charge in [-0.15, -0.1) is 0 Å². The highest BCUT2D eigenvalue weighted by Crippen LogP contribution is 2.32. The maximum absolute atomic E-state index is 13.5. The van der Waals surface area contributed by atoms with Gasteiger partial charge in [0, 0.05) is 37.7 Å². The SMILES string of the molecule is C[C@H]1CN([C@@H](C)CO)C(=O)c2cc(NC(=O)CCCN(C)C)ccc2O[C@H]1CN(C)CC1CC1. The van der Waals surface area contributed by atoms with Crippen molar-refractivity contribution in [3.05, 3.63) is 23.8 Å². The molecule has 2 amide bonds. The predicted molar refractivity (Wildman–Crippen MR) is 134 cm³/mol. The summed E-state index contributed by atoms with van der Waals surface area (Å²) in [5.41, 5.74) is 1.01. The fourth-order valence-corrected chi connectivity index (χ4v) is 4.42. The number of amides is 2. The highest BCUT2D eigenvalue weighted by molar-refractivity contribution is 5.99. The molecule has 0 bridgehead atoms. The molecule has 190 valence electrons. The van der Waals surface area contributed by atoms with Crippen molar-refractivity contribution >= 4 is 17.5 Å². The molecule has 2 N–H and O–H groups in total. The number of ether oxygens (including phenoxy) is 1. The van der Waals surface area contributed by atoms with Crippen LogP contribution in [-0.4, -0.2) is 97.7 Å². The first kappa shape index (κ1) is 26.4. The summed E-state index contributed by atoms with van der Waals surface area (Å²) in [5.74, 6) is 1.16. The van der Waals surface area contributed by atoms with Gasteiger partial charge < -0.3 is 29.9 Å². The largest absolute Gasteiger partial charge is 0.488 e. The molecule has 34 heavy (non-hydrogen) atoms. The topological polar surface area (TPSA) is 85.3 Å². The third-order valence-electron chi connectivity index (χ3n) is 6.72. The van der Waals surface area contributed by atoms with Crippen molar-refractivity contribution in [3.63, 3.8) is 0 Å². The Morgan fingerprint density at radius 1 is 1.26 bits per heavy atom. The Balaban J connectivity index is 1.80. The van der Waals surface area contributed by atoms with Gasteiger partial charge >= 0.3 is 0 Å². The molecule has 0 aromatic heterocycles. The molecule has 0 spiro atoms. The van der Waals surface area contributed by atoms with Crippen molar-refractivity contribution in [1.29, 1.82) is 0 Å². The van der Waals surface area contributed by atoms with Crippen LogP contribution in [0.15, 0.2) is 18.2 Å². The van der Waals surface area contributed by atoms with Gasteiger partial charge in [-0.1, -0.05) is 6.92 Å². The van der Waals surface area contributed by atoms with E-state index in [0.717, 1.165) is 32.0 Å². The molecule has 8 heteroatoms. The van der Waals surface area contributed by atoms with Gasteiger partial charge in [0.1, 0.15) is 11.9 Å². The minimum absolute atomic E-state index is 0.0743. The van der Waals surface area contributed by atoms with Crippen molar-refractivity contribution in [2.45, 2.75) is 51.7 Å². The number of nitrogens with zero attached hydrogens (tertiary/aromatic N) is 3. The Morgan fingerprint density at radius 2 is 2.00 bits per heavy atom. The van der Waals surface area contributed by atoms with Gasteiger partial charge in [-0.3, -0.25) is 9.59 Å². The van der Waals surface area contributed by atoms with Crippen LogP contribution in [0.25, 0.3) is 0 Å². The number of rotatable bonds is 11. The van der Waals surface area contributed by atoms with Crippen molar-refractivity contribution in [2.24, 2.45) is 11.8 Å². The summed E-state index contributed by atoms with van der Waals surface area (Å²) in [4.78, 5) is 32.0. The maximum atomic E-state index is 13.5. The van der Waals surface area contributed by atoms with E-state index in [-0.39, 0.29) is 36.5 Å². The molecule has 0 saturated heterocycles. The second kappa shape index (κ2) is 12.0. The predicted octanol–water partition coefficient (Wildman–Crippen LogP) is 2.53. The second-order valence-electron chi connectivity index (χ2n) is 10.5. The lowest BCUT2D eigenvalue weighted by Gasteiger charge is -2.38. The molecule has 3 atom stereocenters. The van der Waals surface area contributed by atoms with E-state index >= 15 is 0 Å². The molecule has 1 fully saturated rings. The summed E-state index contributed by atoms with van der Waals surface area (Å²) >= 11 is 0. The zero-order chi connectivity index (χ0) is 24.8. The Bertz CT molecular complexity index is 842. The third-order valence-corrected chi connectivity index (χ3v) is 6.72. The first-order chi connectivity index (χ1) is 16.2. The average Bonchev–Trinajstić information content (AvgIpc) is 3.59. The third kappa shape index (κ3) is 7.42. The lowest BCUT2D eigenvalue weighted by Crippen LogP contribution is -2.50. The lowest BCUT2D eigenvalue weighted by molar-refractivity contribution is -0.116. The molecule has 1 aromatic rings. The first-order valence-corrected chi connectivity index (χ1v) is 12.5. The summed E-state index contributed by atoms with van der Waals surface area (Å²) in [6.07, 6.45) is 3.69.